The number of amides is 1. The quantitative estimate of drug-likeness (QED) is 0.787. The van der Waals surface area contributed by atoms with Crippen LogP contribution in [0.2, 0.25) is 0 Å². The molecule has 0 unspecified atom stereocenters. The van der Waals surface area contributed by atoms with E-state index in [4.69, 9.17) is 0 Å². The second kappa shape index (κ2) is 7.36. The zero-order valence-electron chi connectivity index (χ0n) is 16.2. The van der Waals surface area contributed by atoms with Gasteiger partial charge in [0.1, 0.15) is 0 Å². The fourth-order valence-electron chi connectivity index (χ4n) is 3.59. The highest BCUT2D eigenvalue weighted by Crippen LogP contribution is 2.42. The van der Waals surface area contributed by atoms with Crippen LogP contribution in [0.25, 0.3) is 0 Å². The van der Waals surface area contributed by atoms with E-state index in [0.29, 0.717) is 23.5 Å². The molecule has 0 aliphatic heterocycles. The van der Waals surface area contributed by atoms with Crippen molar-refractivity contribution in [3.05, 3.63) is 40.4 Å². The van der Waals surface area contributed by atoms with E-state index in [1.807, 2.05) is 32.2 Å². The molecule has 1 amide bonds. The largest absolute Gasteiger partial charge is 0.301 e. The second-order valence-corrected chi connectivity index (χ2v) is 10.7. The number of carbonyl (C=O) groups is 1. The molecule has 1 heterocycles. The van der Waals surface area contributed by atoms with E-state index in [9.17, 15) is 13.2 Å². The number of benzene rings is 1. The van der Waals surface area contributed by atoms with Gasteiger partial charge in [-0.25, -0.2) is 13.4 Å². The van der Waals surface area contributed by atoms with Crippen LogP contribution >= 0.6 is 11.3 Å². The molecule has 27 heavy (non-hydrogen) atoms. The van der Waals surface area contributed by atoms with Gasteiger partial charge in [-0.15, -0.1) is 11.3 Å². The molecule has 3 rings (SSSR count). The van der Waals surface area contributed by atoms with Crippen molar-refractivity contribution in [1.29, 1.82) is 0 Å². The molecule has 0 radical (unpaired) electrons. The highest BCUT2D eigenvalue weighted by atomic mass is 32.2. The van der Waals surface area contributed by atoms with Crippen molar-refractivity contribution in [3.8, 4) is 0 Å². The van der Waals surface area contributed by atoms with Crippen molar-refractivity contribution in [2.45, 2.75) is 68.9 Å². The third-order valence-electron chi connectivity index (χ3n) is 5.31. The summed E-state index contributed by atoms with van der Waals surface area (Å²) in [7, 11) is -3.82. The molecule has 2 aromatic rings. The average molecular weight is 407 g/mol. The van der Waals surface area contributed by atoms with Crippen LogP contribution in [0, 0.1) is 13.8 Å². The number of sulfone groups is 1. The predicted octanol–water partition coefficient (Wildman–Crippen LogP) is 4.61. The van der Waals surface area contributed by atoms with Crippen molar-refractivity contribution in [3.63, 3.8) is 0 Å². The fraction of sp³-hybridized carbons (Fsp3) is 0.500. The molecule has 1 aliphatic rings. The lowest BCUT2D eigenvalue weighted by molar-refractivity contribution is -0.118. The van der Waals surface area contributed by atoms with E-state index in [0.717, 1.165) is 24.1 Å². The van der Waals surface area contributed by atoms with Gasteiger partial charge in [-0.3, -0.25) is 4.79 Å². The highest BCUT2D eigenvalue weighted by molar-refractivity contribution is 7.93. The predicted molar refractivity (Wildman–Crippen MR) is 109 cm³/mol. The van der Waals surface area contributed by atoms with Gasteiger partial charge in [0.2, 0.25) is 5.91 Å². The number of thiazole rings is 1. The van der Waals surface area contributed by atoms with Gasteiger partial charge >= 0.3 is 0 Å². The van der Waals surface area contributed by atoms with E-state index >= 15 is 0 Å². The molecule has 0 bridgehead atoms. The van der Waals surface area contributed by atoms with Crippen molar-refractivity contribution in [2.24, 2.45) is 0 Å². The maximum Gasteiger partial charge on any atom is 0.248 e. The van der Waals surface area contributed by atoms with Crippen LogP contribution in [-0.2, 0) is 14.6 Å². The monoisotopic (exact) mass is 406 g/mol. The number of nitrogens with one attached hydrogen (secondary N) is 1. The van der Waals surface area contributed by atoms with E-state index < -0.39 is 20.5 Å². The molecule has 0 atom stereocenters. The van der Waals surface area contributed by atoms with Crippen molar-refractivity contribution >= 4 is 32.2 Å². The van der Waals surface area contributed by atoms with Crippen LogP contribution in [-0.4, -0.2) is 24.1 Å². The summed E-state index contributed by atoms with van der Waals surface area (Å²) in [5, 5.41) is 5.17. The van der Waals surface area contributed by atoms with E-state index in [1.165, 1.54) is 11.3 Å². The summed E-state index contributed by atoms with van der Waals surface area (Å²) in [6, 6.07) is 5.37. The lowest BCUT2D eigenvalue weighted by atomic mass is 10.1. The normalized spacial score (nSPS) is 16.6. The summed E-state index contributed by atoms with van der Waals surface area (Å²) < 4.78 is 25.8. The van der Waals surface area contributed by atoms with Crippen molar-refractivity contribution < 1.29 is 13.2 Å². The molecule has 1 fully saturated rings. The fourth-order valence-corrected chi connectivity index (χ4v) is 6.83. The van der Waals surface area contributed by atoms with Crippen molar-refractivity contribution in [1.82, 2.24) is 4.98 Å². The topological polar surface area (TPSA) is 76.1 Å². The van der Waals surface area contributed by atoms with E-state index in [1.54, 1.807) is 19.1 Å². The SMILES string of the molecule is Cc1ccc(C)c(S(=O)(=O)C2(C(=O)Nc3nc(C(C)C)cs3)CCCC2)c1. The highest BCUT2D eigenvalue weighted by Gasteiger charge is 2.53. The lowest BCUT2D eigenvalue weighted by Gasteiger charge is -2.28. The second-order valence-electron chi connectivity index (χ2n) is 7.66. The van der Waals surface area contributed by atoms with Crippen LogP contribution in [0.1, 0.15) is 62.3 Å². The summed E-state index contributed by atoms with van der Waals surface area (Å²) in [5.41, 5.74) is 2.44. The van der Waals surface area contributed by atoms with Gasteiger partial charge < -0.3 is 5.32 Å². The summed E-state index contributed by atoms with van der Waals surface area (Å²) >= 11 is 1.34. The minimum Gasteiger partial charge on any atom is -0.301 e. The smallest absolute Gasteiger partial charge is 0.248 e. The molecule has 1 aliphatic carbocycles. The minimum absolute atomic E-state index is 0.256. The van der Waals surface area contributed by atoms with Gasteiger partial charge in [-0.05, 0) is 49.8 Å². The Morgan fingerprint density at radius 1 is 1.22 bits per heavy atom. The Hall–Kier alpha value is -1.73. The molecule has 1 aromatic carbocycles. The van der Waals surface area contributed by atoms with Gasteiger partial charge in [0.25, 0.3) is 0 Å². The van der Waals surface area contributed by atoms with Gasteiger partial charge in [-0.2, -0.15) is 0 Å². The van der Waals surface area contributed by atoms with Gasteiger partial charge in [-0.1, -0.05) is 38.8 Å². The lowest BCUT2D eigenvalue weighted by Crippen LogP contribution is -2.47. The van der Waals surface area contributed by atoms with E-state index in [2.05, 4.69) is 10.3 Å². The Bertz CT molecular complexity index is 955. The number of carbonyl (C=O) groups excluding carboxylic acids is 1. The number of anilines is 1. The maximum atomic E-state index is 13.6. The van der Waals surface area contributed by atoms with Crippen molar-refractivity contribution in [2.75, 3.05) is 5.32 Å². The molecule has 1 aromatic heterocycles. The molecule has 146 valence electrons. The first kappa shape index (κ1) is 20.0. The van der Waals surface area contributed by atoms with E-state index in [-0.39, 0.29) is 10.8 Å². The summed E-state index contributed by atoms with van der Waals surface area (Å²) in [6.45, 7) is 7.71. The number of nitrogens with zero attached hydrogens (tertiary/aromatic N) is 1. The summed E-state index contributed by atoms with van der Waals surface area (Å²) in [6.07, 6.45) is 2.15. The number of hydrogen-bond donors (Lipinski definition) is 1. The third kappa shape index (κ3) is 3.55. The van der Waals surface area contributed by atoms with Gasteiger partial charge in [0.05, 0.1) is 10.6 Å². The molecule has 1 N–H and O–H groups in total. The third-order valence-corrected chi connectivity index (χ3v) is 8.72. The maximum absolute atomic E-state index is 13.6. The molecular weight excluding hydrogens is 380 g/mol. The molecule has 5 nitrogen and oxygen atoms in total. The molecular formula is C20H26N2O3S2. The Morgan fingerprint density at radius 3 is 2.48 bits per heavy atom. The summed E-state index contributed by atoms with van der Waals surface area (Å²) in [4.78, 5) is 17.9. The van der Waals surface area contributed by atoms with Crippen LogP contribution in [0.15, 0.2) is 28.5 Å². The molecule has 1 saturated carbocycles. The Kier molecular flexibility index (Phi) is 5.45. The first-order chi connectivity index (χ1) is 12.7. The van der Waals surface area contributed by atoms with Crippen LogP contribution in [0.4, 0.5) is 5.13 Å². The average Bonchev–Trinajstić information content (AvgIpc) is 3.27. The van der Waals surface area contributed by atoms with Crippen LogP contribution in [0.5, 0.6) is 0 Å². The Morgan fingerprint density at radius 2 is 1.89 bits per heavy atom. The zero-order chi connectivity index (χ0) is 19.8. The first-order valence-electron chi connectivity index (χ1n) is 9.26. The number of aryl methyl sites for hydroxylation is 2. The number of aromatic nitrogens is 1. The van der Waals surface area contributed by atoms with Crippen LogP contribution < -0.4 is 5.32 Å². The zero-order valence-corrected chi connectivity index (χ0v) is 17.8. The number of hydrogen-bond acceptors (Lipinski definition) is 5. The Balaban J connectivity index is 1.99. The molecule has 7 heteroatoms. The Labute approximate surface area is 165 Å². The van der Waals surface area contributed by atoms with Gasteiger partial charge in [0, 0.05) is 5.38 Å². The molecule has 0 saturated heterocycles. The summed E-state index contributed by atoms with van der Waals surface area (Å²) in [5.74, 6) is -0.198. The number of rotatable bonds is 5. The van der Waals surface area contributed by atoms with Gasteiger partial charge in [0.15, 0.2) is 19.7 Å². The first-order valence-corrected chi connectivity index (χ1v) is 11.6. The minimum atomic E-state index is -3.82. The van der Waals surface area contributed by atoms with Crippen LogP contribution in [0.3, 0.4) is 0 Å². The molecule has 0 spiro atoms. The standard InChI is InChI=1S/C20H26N2O3S2/c1-13(2)16-12-26-19(21-16)22-18(23)20(9-5-6-10-20)27(24,25)17-11-14(3)7-8-15(17)4/h7-8,11-13H,5-6,9-10H2,1-4H3,(H,21,22,23).